The Hall–Kier alpha value is -3.32. The molecule has 0 saturated heterocycles. The molecule has 0 saturated carbocycles. The van der Waals surface area contributed by atoms with Gasteiger partial charge in [-0.3, -0.25) is 9.80 Å². The van der Waals surface area contributed by atoms with Crippen LogP contribution in [-0.2, 0) is 10.2 Å². The van der Waals surface area contributed by atoms with Gasteiger partial charge in [0.05, 0.1) is 22.3 Å². The molecule has 0 N–H and O–H groups in total. The quantitative estimate of drug-likeness (QED) is 0.460. The van der Waals surface area contributed by atoms with Crippen LogP contribution in [0.15, 0.2) is 88.9 Å². The summed E-state index contributed by atoms with van der Waals surface area (Å²) in [5.41, 5.74) is 3.99. The zero-order chi connectivity index (χ0) is 20.4. The molecule has 1 heterocycles. The maximum Gasteiger partial charge on any atom is 0.332 e. The summed E-state index contributed by atoms with van der Waals surface area (Å²) in [6.07, 6.45) is 1.39. The fourth-order valence-corrected chi connectivity index (χ4v) is 3.83. The fraction of sp³-hybridized carbons (Fsp3) is 0.0909. The Morgan fingerprint density at radius 3 is 2.17 bits per heavy atom. The number of carbonyl (C=O) groups excluding carboxylic acids is 1. The minimum absolute atomic E-state index is 0.0575. The molecule has 29 heavy (non-hydrogen) atoms. The molecule has 1 atom stereocenters. The standard InChI is InChI=1S/C22H17FN2O3S/c23-29(27,28)20-12-8-17(9-13-20)21-14-22(18-4-2-1-3-5-18)25(24-21)19-10-6-16(15-26)7-11-19/h1-13,15,22H,14H2/t22-/m0/s1. The molecule has 1 aliphatic rings. The van der Waals surface area contributed by atoms with E-state index in [2.05, 4.69) is 0 Å². The predicted molar refractivity (Wildman–Crippen MR) is 109 cm³/mol. The van der Waals surface area contributed by atoms with Crippen molar-refractivity contribution in [2.45, 2.75) is 17.4 Å². The van der Waals surface area contributed by atoms with Crippen molar-refractivity contribution in [3.05, 3.63) is 95.6 Å². The average molecular weight is 408 g/mol. The number of hydrogen-bond donors (Lipinski definition) is 0. The van der Waals surface area contributed by atoms with Crippen LogP contribution in [0.1, 0.15) is 33.9 Å². The molecule has 0 spiro atoms. The van der Waals surface area contributed by atoms with Crippen LogP contribution in [0, 0.1) is 0 Å². The number of carbonyl (C=O) groups is 1. The lowest BCUT2D eigenvalue weighted by atomic mass is 9.98. The average Bonchev–Trinajstić information content (AvgIpc) is 3.19. The lowest BCUT2D eigenvalue weighted by molar-refractivity contribution is 0.112. The smallest absolute Gasteiger partial charge is 0.298 e. The van der Waals surface area contributed by atoms with Crippen LogP contribution in [0.25, 0.3) is 0 Å². The molecule has 7 heteroatoms. The van der Waals surface area contributed by atoms with Crippen LogP contribution in [0.5, 0.6) is 0 Å². The number of nitrogens with zero attached hydrogens (tertiary/aromatic N) is 2. The van der Waals surface area contributed by atoms with Crippen LogP contribution in [0.4, 0.5) is 9.57 Å². The predicted octanol–water partition coefficient (Wildman–Crippen LogP) is 4.51. The Labute approximate surface area is 168 Å². The van der Waals surface area contributed by atoms with Gasteiger partial charge in [-0.1, -0.05) is 42.5 Å². The highest BCUT2D eigenvalue weighted by molar-refractivity contribution is 7.86. The van der Waals surface area contributed by atoms with E-state index in [-0.39, 0.29) is 10.9 Å². The molecule has 5 nitrogen and oxygen atoms in total. The number of anilines is 1. The highest BCUT2D eigenvalue weighted by atomic mass is 32.3. The third-order valence-corrected chi connectivity index (χ3v) is 5.69. The summed E-state index contributed by atoms with van der Waals surface area (Å²) in [5, 5.41) is 6.64. The largest absolute Gasteiger partial charge is 0.332 e. The summed E-state index contributed by atoms with van der Waals surface area (Å²) in [5.74, 6) is 0. The first-order valence-electron chi connectivity index (χ1n) is 8.98. The van der Waals surface area contributed by atoms with Crippen molar-refractivity contribution >= 4 is 27.9 Å². The number of halogens is 1. The first kappa shape index (κ1) is 19.0. The van der Waals surface area contributed by atoms with Crippen LogP contribution < -0.4 is 5.01 Å². The van der Waals surface area contributed by atoms with E-state index in [1.165, 1.54) is 12.1 Å². The molecule has 0 amide bonds. The summed E-state index contributed by atoms with van der Waals surface area (Å²) in [6, 6.07) is 22.6. The van der Waals surface area contributed by atoms with E-state index in [4.69, 9.17) is 5.10 Å². The topological polar surface area (TPSA) is 66.8 Å². The molecule has 0 bridgehead atoms. The van der Waals surface area contributed by atoms with Gasteiger partial charge in [0.1, 0.15) is 6.29 Å². The van der Waals surface area contributed by atoms with Crippen LogP contribution >= 0.6 is 0 Å². The van der Waals surface area contributed by atoms with Crippen LogP contribution in [-0.4, -0.2) is 20.4 Å². The molecule has 4 rings (SSSR count). The van der Waals surface area contributed by atoms with E-state index < -0.39 is 10.2 Å². The second-order valence-corrected chi connectivity index (χ2v) is 8.04. The molecule has 0 radical (unpaired) electrons. The summed E-state index contributed by atoms with van der Waals surface area (Å²) >= 11 is 0. The zero-order valence-electron chi connectivity index (χ0n) is 15.3. The number of hydrazone groups is 1. The highest BCUT2D eigenvalue weighted by Gasteiger charge is 2.30. The van der Waals surface area contributed by atoms with E-state index in [0.29, 0.717) is 12.0 Å². The van der Waals surface area contributed by atoms with Crippen molar-refractivity contribution < 1.29 is 17.1 Å². The van der Waals surface area contributed by atoms with Crippen molar-refractivity contribution in [1.29, 1.82) is 0 Å². The molecular formula is C22H17FN2O3S. The van der Waals surface area contributed by atoms with Gasteiger partial charge in [0, 0.05) is 12.0 Å². The number of hydrogen-bond acceptors (Lipinski definition) is 5. The van der Waals surface area contributed by atoms with E-state index in [1.807, 2.05) is 47.5 Å². The maximum atomic E-state index is 13.2. The van der Waals surface area contributed by atoms with Gasteiger partial charge in [0.25, 0.3) is 0 Å². The zero-order valence-corrected chi connectivity index (χ0v) is 16.1. The molecule has 3 aromatic rings. The van der Waals surface area contributed by atoms with Crippen molar-refractivity contribution in [1.82, 2.24) is 0 Å². The van der Waals surface area contributed by atoms with Gasteiger partial charge in [0.15, 0.2) is 0 Å². The van der Waals surface area contributed by atoms with E-state index in [9.17, 15) is 17.1 Å². The van der Waals surface area contributed by atoms with Crippen LogP contribution in [0.2, 0.25) is 0 Å². The molecule has 146 valence electrons. The lowest BCUT2D eigenvalue weighted by Crippen LogP contribution is -2.18. The molecule has 3 aromatic carbocycles. The maximum absolute atomic E-state index is 13.2. The van der Waals surface area contributed by atoms with E-state index in [0.717, 1.165) is 28.8 Å². The lowest BCUT2D eigenvalue weighted by Gasteiger charge is -2.24. The Morgan fingerprint density at radius 1 is 0.931 bits per heavy atom. The molecule has 0 fully saturated rings. The fourth-order valence-electron chi connectivity index (χ4n) is 3.37. The van der Waals surface area contributed by atoms with Crippen molar-refractivity contribution in [3.8, 4) is 0 Å². The van der Waals surface area contributed by atoms with Gasteiger partial charge in [0.2, 0.25) is 0 Å². The number of aldehydes is 1. The monoisotopic (exact) mass is 408 g/mol. The molecular weight excluding hydrogens is 391 g/mol. The van der Waals surface area contributed by atoms with Crippen molar-refractivity contribution in [3.63, 3.8) is 0 Å². The third-order valence-electron chi connectivity index (χ3n) is 4.86. The van der Waals surface area contributed by atoms with Crippen LogP contribution in [0.3, 0.4) is 0 Å². The third kappa shape index (κ3) is 3.95. The van der Waals surface area contributed by atoms with Crippen molar-refractivity contribution in [2.75, 3.05) is 5.01 Å². The van der Waals surface area contributed by atoms with E-state index in [1.54, 1.807) is 24.3 Å². The Bertz CT molecular complexity index is 1160. The molecule has 0 aromatic heterocycles. The SMILES string of the molecule is O=Cc1ccc(N2N=C(c3ccc(S(=O)(=O)F)cc3)C[C@H]2c2ccccc2)cc1. The summed E-state index contributed by atoms with van der Waals surface area (Å²) in [7, 11) is -4.74. The Kier molecular flexibility index (Phi) is 4.98. The second kappa shape index (κ2) is 7.60. The summed E-state index contributed by atoms with van der Waals surface area (Å²) in [6.45, 7) is 0. The Morgan fingerprint density at radius 2 is 1.59 bits per heavy atom. The number of rotatable bonds is 5. The van der Waals surface area contributed by atoms with Gasteiger partial charge < -0.3 is 0 Å². The second-order valence-electron chi connectivity index (χ2n) is 6.69. The van der Waals surface area contributed by atoms with Gasteiger partial charge in [-0.2, -0.15) is 13.5 Å². The summed E-state index contributed by atoms with van der Waals surface area (Å²) in [4.78, 5) is 10.6. The minimum Gasteiger partial charge on any atom is -0.298 e. The Balaban J connectivity index is 1.72. The van der Waals surface area contributed by atoms with Gasteiger partial charge in [-0.25, -0.2) is 0 Å². The van der Waals surface area contributed by atoms with Crippen molar-refractivity contribution in [2.24, 2.45) is 5.10 Å². The molecule has 1 aliphatic heterocycles. The minimum atomic E-state index is -4.74. The first-order chi connectivity index (χ1) is 14.0. The molecule has 0 unspecified atom stereocenters. The van der Waals surface area contributed by atoms with Gasteiger partial charge in [-0.05, 0) is 47.5 Å². The van der Waals surface area contributed by atoms with Gasteiger partial charge in [-0.15, -0.1) is 3.89 Å². The molecule has 0 aliphatic carbocycles. The highest BCUT2D eigenvalue weighted by Crippen LogP contribution is 2.36. The normalized spacial score (nSPS) is 16.5. The summed E-state index contributed by atoms with van der Waals surface area (Å²) < 4.78 is 35.3. The number of benzene rings is 3. The first-order valence-corrected chi connectivity index (χ1v) is 10.4. The van der Waals surface area contributed by atoms with Gasteiger partial charge >= 0.3 is 10.2 Å². The van der Waals surface area contributed by atoms with E-state index >= 15 is 0 Å².